The zero-order chi connectivity index (χ0) is 13.0. The minimum absolute atomic E-state index is 0.0700. The second-order valence-electron chi connectivity index (χ2n) is 3.94. The number of nitrogens with zero attached hydrogens (tertiary/aromatic N) is 2. The summed E-state index contributed by atoms with van der Waals surface area (Å²) in [5.41, 5.74) is 7.53. The Morgan fingerprint density at radius 3 is 2.83 bits per heavy atom. The van der Waals surface area contributed by atoms with Gasteiger partial charge in [0.05, 0.1) is 18.8 Å². The predicted molar refractivity (Wildman–Crippen MR) is 71.5 cm³/mol. The van der Waals surface area contributed by atoms with E-state index in [2.05, 4.69) is 15.3 Å². The molecule has 0 spiro atoms. The predicted octanol–water partition coefficient (Wildman–Crippen LogP) is 2.24. The van der Waals surface area contributed by atoms with Crippen molar-refractivity contribution in [2.75, 3.05) is 18.2 Å². The summed E-state index contributed by atoms with van der Waals surface area (Å²) in [4.78, 5) is 8.36. The molecule has 0 aliphatic heterocycles. The van der Waals surface area contributed by atoms with Crippen LogP contribution in [0, 0.1) is 0 Å². The number of hydrogen-bond acceptors (Lipinski definition) is 5. The third-order valence-corrected chi connectivity index (χ3v) is 2.65. The Balaban J connectivity index is 2.18. The van der Waals surface area contributed by atoms with E-state index in [4.69, 9.17) is 10.5 Å². The van der Waals surface area contributed by atoms with Gasteiger partial charge in [-0.2, -0.15) is 4.98 Å². The van der Waals surface area contributed by atoms with Gasteiger partial charge in [0.25, 0.3) is 0 Å². The Bertz CT molecular complexity index is 516. The van der Waals surface area contributed by atoms with Crippen LogP contribution in [0.15, 0.2) is 36.7 Å². The Morgan fingerprint density at radius 2 is 2.17 bits per heavy atom. The molecular weight excluding hydrogens is 228 g/mol. The molecule has 2 aromatic rings. The van der Waals surface area contributed by atoms with Gasteiger partial charge in [-0.1, -0.05) is 6.07 Å². The number of rotatable bonds is 4. The van der Waals surface area contributed by atoms with Gasteiger partial charge >= 0.3 is 0 Å². The van der Waals surface area contributed by atoms with Crippen LogP contribution in [-0.4, -0.2) is 17.1 Å². The highest BCUT2D eigenvalue weighted by molar-refractivity contribution is 5.62. The van der Waals surface area contributed by atoms with Gasteiger partial charge in [0, 0.05) is 18.5 Å². The second kappa shape index (κ2) is 5.35. The molecule has 5 nitrogen and oxygen atoms in total. The molecular formula is C13H16N4O. The van der Waals surface area contributed by atoms with E-state index in [0.29, 0.717) is 17.4 Å². The SMILES string of the molecule is COc1ccc(N)c(NC(C)c2cccnc2)n1. The van der Waals surface area contributed by atoms with Crippen LogP contribution in [0.3, 0.4) is 0 Å². The molecule has 2 heterocycles. The largest absolute Gasteiger partial charge is 0.481 e. The lowest BCUT2D eigenvalue weighted by molar-refractivity contribution is 0.398. The summed E-state index contributed by atoms with van der Waals surface area (Å²) in [7, 11) is 1.58. The highest BCUT2D eigenvalue weighted by Crippen LogP contribution is 2.24. The van der Waals surface area contributed by atoms with Crippen molar-refractivity contribution in [3.63, 3.8) is 0 Å². The van der Waals surface area contributed by atoms with Crippen molar-refractivity contribution in [2.24, 2.45) is 0 Å². The molecule has 0 saturated carbocycles. The van der Waals surface area contributed by atoms with E-state index >= 15 is 0 Å². The molecule has 2 aromatic heterocycles. The van der Waals surface area contributed by atoms with E-state index in [9.17, 15) is 0 Å². The first kappa shape index (κ1) is 12.2. The number of nitrogens with one attached hydrogen (secondary N) is 1. The van der Waals surface area contributed by atoms with Gasteiger partial charge in [-0.05, 0) is 24.6 Å². The lowest BCUT2D eigenvalue weighted by Crippen LogP contribution is -2.10. The standard InChI is InChI=1S/C13H16N4O/c1-9(10-4-3-7-15-8-10)16-13-11(14)5-6-12(17-13)18-2/h3-9H,14H2,1-2H3,(H,16,17). The van der Waals surface area contributed by atoms with Gasteiger partial charge in [0.2, 0.25) is 5.88 Å². The lowest BCUT2D eigenvalue weighted by Gasteiger charge is -2.16. The number of methoxy groups -OCH3 is 1. The number of nitrogen functional groups attached to an aromatic ring is 1. The Hall–Kier alpha value is -2.30. The monoisotopic (exact) mass is 244 g/mol. The van der Waals surface area contributed by atoms with Gasteiger partial charge in [0.15, 0.2) is 5.82 Å². The van der Waals surface area contributed by atoms with E-state index in [-0.39, 0.29) is 6.04 Å². The highest BCUT2D eigenvalue weighted by Gasteiger charge is 2.09. The summed E-state index contributed by atoms with van der Waals surface area (Å²) in [5.74, 6) is 1.15. The Labute approximate surface area is 106 Å². The molecule has 0 amide bonds. The summed E-state index contributed by atoms with van der Waals surface area (Å²) in [6, 6.07) is 7.47. The molecule has 1 unspecified atom stereocenters. The van der Waals surface area contributed by atoms with E-state index in [1.165, 1.54) is 0 Å². The van der Waals surface area contributed by atoms with E-state index < -0.39 is 0 Å². The highest BCUT2D eigenvalue weighted by atomic mass is 16.5. The smallest absolute Gasteiger partial charge is 0.215 e. The molecule has 0 bridgehead atoms. The normalized spacial score (nSPS) is 11.9. The van der Waals surface area contributed by atoms with Crippen molar-refractivity contribution < 1.29 is 4.74 Å². The first-order chi connectivity index (χ1) is 8.70. The number of ether oxygens (including phenoxy) is 1. The number of pyridine rings is 2. The molecule has 5 heteroatoms. The average molecular weight is 244 g/mol. The van der Waals surface area contributed by atoms with Crippen LogP contribution in [0.4, 0.5) is 11.5 Å². The minimum Gasteiger partial charge on any atom is -0.481 e. The maximum atomic E-state index is 5.87. The van der Waals surface area contributed by atoms with Crippen LogP contribution in [-0.2, 0) is 0 Å². The molecule has 0 saturated heterocycles. The summed E-state index contributed by atoms with van der Waals surface area (Å²) in [6.07, 6.45) is 3.56. The molecule has 0 aromatic carbocycles. The van der Waals surface area contributed by atoms with Gasteiger partial charge in [0.1, 0.15) is 0 Å². The van der Waals surface area contributed by atoms with Gasteiger partial charge < -0.3 is 15.8 Å². The van der Waals surface area contributed by atoms with Crippen molar-refractivity contribution in [1.29, 1.82) is 0 Å². The third kappa shape index (κ3) is 2.68. The van der Waals surface area contributed by atoms with Crippen LogP contribution in [0.5, 0.6) is 5.88 Å². The first-order valence-corrected chi connectivity index (χ1v) is 5.67. The summed E-state index contributed by atoms with van der Waals surface area (Å²) in [6.45, 7) is 2.03. The van der Waals surface area contributed by atoms with Crippen LogP contribution in [0.1, 0.15) is 18.5 Å². The van der Waals surface area contributed by atoms with E-state index in [0.717, 1.165) is 5.56 Å². The molecule has 3 N–H and O–H groups in total. The Morgan fingerprint density at radius 1 is 1.33 bits per heavy atom. The van der Waals surface area contributed by atoms with Crippen molar-refractivity contribution in [3.8, 4) is 5.88 Å². The van der Waals surface area contributed by atoms with Gasteiger partial charge in [-0.3, -0.25) is 4.98 Å². The maximum Gasteiger partial charge on any atom is 0.215 e. The topological polar surface area (TPSA) is 73.1 Å². The van der Waals surface area contributed by atoms with Crippen molar-refractivity contribution in [2.45, 2.75) is 13.0 Å². The molecule has 0 aliphatic rings. The lowest BCUT2D eigenvalue weighted by atomic mass is 10.1. The van der Waals surface area contributed by atoms with Crippen molar-refractivity contribution >= 4 is 11.5 Å². The molecule has 0 fully saturated rings. The number of aromatic nitrogens is 2. The zero-order valence-corrected chi connectivity index (χ0v) is 10.4. The first-order valence-electron chi connectivity index (χ1n) is 5.67. The van der Waals surface area contributed by atoms with Gasteiger partial charge in [-0.15, -0.1) is 0 Å². The van der Waals surface area contributed by atoms with E-state index in [1.807, 2.05) is 25.3 Å². The van der Waals surface area contributed by atoms with Crippen LogP contribution in [0.2, 0.25) is 0 Å². The molecule has 0 radical (unpaired) electrons. The summed E-state index contributed by atoms with van der Waals surface area (Å²) >= 11 is 0. The summed E-state index contributed by atoms with van der Waals surface area (Å²) in [5, 5.41) is 3.25. The quantitative estimate of drug-likeness (QED) is 0.862. The van der Waals surface area contributed by atoms with E-state index in [1.54, 1.807) is 25.4 Å². The number of hydrogen-bond donors (Lipinski definition) is 2. The molecule has 0 aliphatic carbocycles. The van der Waals surface area contributed by atoms with Gasteiger partial charge in [-0.25, -0.2) is 0 Å². The van der Waals surface area contributed by atoms with Crippen LogP contribution < -0.4 is 15.8 Å². The third-order valence-electron chi connectivity index (χ3n) is 2.65. The maximum absolute atomic E-state index is 5.87. The zero-order valence-electron chi connectivity index (χ0n) is 10.4. The Kier molecular flexibility index (Phi) is 3.62. The number of nitrogens with two attached hydrogens (primary N) is 1. The fourth-order valence-corrected chi connectivity index (χ4v) is 1.60. The van der Waals surface area contributed by atoms with Crippen LogP contribution >= 0.6 is 0 Å². The summed E-state index contributed by atoms with van der Waals surface area (Å²) < 4.78 is 5.08. The van der Waals surface area contributed by atoms with Crippen molar-refractivity contribution in [1.82, 2.24) is 9.97 Å². The average Bonchev–Trinajstić information content (AvgIpc) is 2.42. The van der Waals surface area contributed by atoms with Crippen molar-refractivity contribution in [3.05, 3.63) is 42.2 Å². The molecule has 2 rings (SSSR count). The fraction of sp³-hybridized carbons (Fsp3) is 0.231. The molecule has 1 atom stereocenters. The van der Waals surface area contributed by atoms with Crippen LogP contribution in [0.25, 0.3) is 0 Å². The fourth-order valence-electron chi connectivity index (χ4n) is 1.60. The number of anilines is 2. The second-order valence-corrected chi connectivity index (χ2v) is 3.94. The molecule has 94 valence electrons. The molecule has 18 heavy (non-hydrogen) atoms. The minimum atomic E-state index is 0.0700.